The van der Waals surface area contributed by atoms with E-state index >= 15 is 0 Å². The molecule has 0 aliphatic heterocycles. The number of pyridine rings is 1. The number of carboxylic acid groups (broad SMARTS) is 1. The van der Waals surface area contributed by atoms with E-state index in [1.165, 1.54) is 5.56 Å². The second kappa shape index (κ2) is 10.9. The number of hydrogen-bond donors (Lipinski definition) is 1. The van der Waals surface area contributed by atoms with E-state index in [1.807, 2.05) is 30.3 Å². The molecular weight excluding hydrogens is 512 g/mol. The normalized spacial score (nSPS) is 11.4. The lowest BCUT2D eigenvalue weighted by atomic mass is 10.0. The van der Waals surface area contributed by atoms with Crippen molar-refractivity contribution in [3.8, 4) is 28.1 Å². The predicted molar refractivity (Wildman–Crippen MR) is 162 cm³/mol. The fourth-order valence-corrected chi connectivity index (χ4v) is 5.39. The van der Waals surface area contributed by atoms with Gasteiger partial charge in [-0.2, -0.15) is 0 Å². The van der Waals surface area contributed by atoms with E-state index in [0.29, 0.717) is 12.3 Å². The van der Waals surface area contributed by atoms with Gasteiger partial charge in [0.1, 0.15) is 17.2 Å². The number of aromatic nitrogens is 4. The molecule has 3 heterocycles. The summed E-state index contributed by atoms with van der Waals surface area (Å²) >= 11 is 0. The van der Waals surface area contributed by atoms with Gasteiger partial charge in [-0.25, -0.2) is 14.8 Å². The van der Waals surface area contributed by atoms with E-state index in [4.69, 9.17) is 19.8 Å². The summed E-state index contributed by atoms with van der Waals surface area (Å²) in [5, 5.41) is 9.12. The number of nitrogens with zero attached hydrogens (tertiary/aromatic N) is 4. The Balaban J connectivity index is 1.39. The maximum absolute atomic E-state index is 11.2. The second-order valence-electron chi connectivity index (χ2n) is 10.5. The first kappa shape index (κ1) is 26.3. The van der Waals surface area contributed by atoms with Crippen LogP contribution in [-0.4, -0.2) is 30.2 Å². The summed E-state index contributed by atoms with van der Waals surface area (Å²) in [5.41, 5.74) is 10.2. The molecule has 0 aliphatic carbocycles. The molecule has 0 unspecified atom stereocenters. The van der Waals surface area contributed by atoms with Crippen molar-refractivity contribution in [3.05, 3.63) is 108 Å². The van der Waals surface area contributed by atoms with Crippen molar-refractivity contribution in [2.24, 2.45) is 0 Å². The molecule has 0 radical (unpaired) electrons. The number of carbonyl (C=O) groups is 1. The molecule has 0 fully saturated rings. The Morgan fingerprint density at radius 3 is 2.51 bits per heavy atom. The number of hydrogen-bond acceptors (Lipinski definition) is 4. The van der Waals surface area contributed by atoms with Gasteiger partial charge >= 0.3 is 6.16 Å². The molecule has 1 N–H and O–H groups in total. The van der Waals surface area contributed by atoms with Crippen molar-refractivity contribution >= 4 is 22.8 Å². The van der Waals surface area contributed by atoms with Gasteiger partial charge in [-0.15, -0.1) is 0 Å². The Kier molecular flexibility index (Phi) is 7.01. The number of para-hydroxylation sites is 1. The number of ether oxygens (including phenoxy) is 1. The molecule has 7 heteroatoms. The number of fused-ring (bicyclic) bond motifs is 2. The van der Waals surface area contributed by atoms with Gasteiger partial charge in [0, 0.05) is 36.5 Å². The molecule has 0 saturated carbocycles. The van der Waals surface area contributed by atoms with Crippen LogP contribution in [0.1, 0.15) is 42.3 Å². The highest BCUT2D eigenvalue weighted by Gasteiger charge is 2.16. The Labute approximate surface area is 238 Å². The summed E-state index contributed by atoms with van der Waals surface area (Å²) in [6, 6.07) is 23.9. The fourth-order valence-electron chi connectivity index (χ4n) is 5.39. The second-order valence-corrected chi connectivity index (χ2v) is 10.5. The monoisotopic (exact) mass is 544 g/mol. The lowest BCUT2D eigenvalue weighted by molar-refractivity contribution is 0.144. The molecular formula is C34H32N4O3. The van der Waals surface area contributed by atoms with E-state index in [-0.39, 0.29) is 0 Å². The molecule has 0 saturated heterocycles. The molecule has 41 heavy (non-hydrogen) atoms. The lowest BCUT2D eigenvalue weighted by Crippen LogP contribution is -2.06. The average Bonchev–Trinajstić information content (AvgIpc) is 3.54. The highest BCUT2D eigenvalue weighted by atomic mass is 16.7. The minimum atomic E-state index is -1.32. The highest BCUT2D eigenvalue weighted by molar-refractivity contribution is 5.85. The average molecular weight is 545 g/mol. The van der Waals surface area contributed by atoms with E-state index in [9.17, 15) is 4.79 Å². The molecule has 0 bridgehead atoms. The van der Waals surface area contributed by atoms with Crippen LogP contribution in [0.25, 0.3) is 39.1 Å². The summed E-state index contributed by atoms with van der Waals surface area (Å²) < 4.78 is 9.41. The molecule has 0 aliphatic rings. The first-order chi connectivity index (χ1) is 19.9. The number of rotatable bonds is 8. The Bertz CT molecular complexity index is 1880. The predicted octanol–water partition coefficient (Wildman–Crippen LogP) is 8.08. The van der Waals surface area contributed by atoms with Crippen molar-refractivity contribution in [2.45, 2.75) is 46.6 Å². The van der Waals surface area contributed by atoms with Gasteiger partial charge in [-0.1, -0.05) is 61.9 Å². The SMILES string of the molecule is CCCCc1nc2c(C)cc(-c3cn4cc(C)ccc4n3)cc2n1Cc1ccc(-c2ccccc2OC(=O)O)cc1. The topological polar surface area (TPSA) is 81.7 Å². The fraction of sp³-hybridized carbons (Fsp3) is 0.206. The van der Waals surface area contributed by atoms with Crippen molar-refractivity contribution in [3.63, 3.8) is 0 Å². The van der Waals surface area contributed by atoms with Gasteiger partial charge in [-0.3, -0.25) is 0 Å². The molecule has 0 spiro atoms. The van der Waals surface area contributed by atoms with E-state index in [0.717, 1.165) is 75.3 Å². The number of benzene rings is 3. The van der Waals surface area contributed by atoms with Gasteiger partial charge in [0.15, 0.2) is 0 Å². The standard InChI is InChI=1S/C34H32N4O3/c1-4-5-10-32-36-33-23(3)17-26(28-21-37-19-22(2)11-16-31(37)35-28)18-29(33)38(32)20-24-12-14-25(15-13-24)27-8-6-7-9-30(27)41-34(39)40/h6-9,11-19,21H,4-5,10,20H2,1-3H3,(H,39,40). The van der Waals surface area contributed by atoms with Crippen molar-refractivity contribution in [1.29, 1.82) is 0 Å². The van der Waals surface area contributed by atoms with Gasteiger partial charge in [0.25, 0.3) is 0 Å². The molecule has 6 rings (SSSR count). The highest BCUT2D eigenvalue weighted by Crippen LogP contribution is 2.32. The van der Waals surface area contributed by atoms with Crippen molar-refractivity contribution < 1.29 is 14.6 Å². The summed E-state index contributed by atoms with van der Waals surface area (Å²) in [6.07, 6.45) is 5.94. The third-order valence-corrected chi connectivity index (χ3v) is 7.46. The van der Waals surface area contributed by atoms with Crippen LogP contribution in [0.3, 0.4) is 0 Å². The van der Waals surface area contributed by atoms with Crippen LogP contribution in [0.5, 0.6) is 5.75 Å². The minimum Gasteiger partial charge on any atom is -0.449 e. The van der Waals surface area contributed by atoms with Crippen LogP contribution >= 0.6 is 0 Å². The van der Waals surface area contributed by atoms with Gasteiger partial charge < -0.3 is 18.8 Å². The lowest BCUT2D eigenvalue weighted by Gasteiger charge is -2.12. The quantitative estimate of drug-likeness (QED) is 0.155. The Morgan fingerprint density at radius 1 is 0.927 bits per heavy atom. The van der Waals surface area contributed by atoms with Crippen LogP contribution in [0.15, 0.2) is 85.2 Å². The largest absolute Gasteiger partial charge is 0.511 e. The maximum Gasteiger partial charge on any atom is 0.511 e. The third-order valence-electron chi connectivity index (χ3n) is 7.46. The maximum atomic E-state index is 11.2. The number of imidazole rings is 2. The molecule has 7 nitrogen and oxygen atoms in total. The van der Waals surface area contributed by atoms with Gasteiger partial charge in [-0.05, 0) is 66.8 Å². The Morgan fingerprint density at radius 2 is 1.73 bits per heavy atom. The molecule has 0 amide bonds. The first-order valence-corrected chi connectivity index (χ1v) is 13.9. The zero-order chi connectivity index (χ0) is 28.5. The van der Waals surface area contributed by atoms with E-state index < -0.39 is 6.16 Å². The molecule has 3 aromatic heterocycles. The molecule has 3 aromatic carbocycles. The van der Waals surface area contributed by atoms with E-state index in [1.54, 1.807) is 12.1 Å². The Hall–Kier alpha value is -4.91. The van der Waals surface area contributed by atoms with Crippen LogP contribution in [0, 0.1) is 13.8 Å². The van der Waals surface area contributed by atoms with Crippen molar-refractivity contribution in [1.82, 2.24) is 18.9 Å². The van der Waals surface area contributed by atoms with Crippen LogP contribution in [0.2, 0.25) is 0 Å². The zero-order valence-electron chi connectivity index (χ0n) is 23.5. The summed E-state index contributed by atoms with van der Waals surface area (Å²) in [5.74, 6) is 1.40. The summed E-state index contributed by atoms with van der Waals surface area (Å²) in [7, 11) is 0. The summed E-state index contributed by atoms with van der Waals surface area (Å²) in [4.78, 5) is 21.2. The summed E-state index contributed by atoms with van der Waals surface area (Å²) in [6.45, 7) is 7.08. The van der Waals surface area contributed by atoms with Gasteiger partial charge in [0.05, 0.1) is 16.7 Å². The number of aryl methyl sites for hydroxylation is 3. The van der Waals surface area contributed by atoms with Crippen LogP contribution in [0.4, 0.5) is 4.79 Å². The molecule has 206 valence electrons. The minimum absolute atomic E-state index is 0.320. The smallest absolute Gasteiger partial charge is 0.449 e. The van der Waals surface area contributed by atoms with Crippen LogP contribution < -0.4 is 4.74 Å². The van der Waals surface area contributed by atoms with Crippen LogP contribution in [-0.2, 0) is 13.0 Å². The zero-order valence-corrected chi connectivity index (χ0v) is 23.5. The molecule has 6 aromatic rings. The first-order valence-electron chi connectivity index (χ1n) is 13.9. The molecule has 0 atom stereocenters. The van der Waals surface area contributed by atoms with E-state index in [2.05, 4.69) is 72.5 Å². The van der Waals surface area contributed by atoms with Gasteiger partial charge in [0.2, 0.25) is 0 Å². The number of unbranched alkanes of at least 4 members (excludes halogenated alkanes) is 1. The van der Waals surface area contributed by atoms with Crippen molar-refractivity contribution in [2.75, 3.05) is 0 Å². The third kappa shape index (κ3) is 5.31.